The van der Waals surface area contributed by atoms with Crippen molar-refractivity contribution in [2.75, 3.05) is 34.2 Å². The summed E-state index contributed by atoms with van der Waals surface area (Å²) in [6, 6.07) is 30.0. The number of aliphatic carboxylic acids is 2. The van der Waals surface area contributed by atoms with Gasteiger partial charge in [0.1, 0.15) is 5.75 Å². The number of halogens is 3. The zero-order valence-corrected chi connectivity index (χ0v) is 32.0. The van der Waals surface area contributed by atoms with Crippen molar-refractivity contribution in [2.45, 2.75) is 37.5 Å². The number of likely N-dealkylation sites (N-methyl/N-ethyl adjacent to an activating group) is 1. The van der Waals surface area contributed by atoms with E-state index in [1.165, 1.54) is 5.56 Å². The molecule has 4 atom stereocenters. The highest BCUT2D eigenvalue weighted by molar-refractivity contribution is 6.30. The van der Waals surface area contributed by atoms with Crippen LogP contribution in [0.3, 0.4) is 0 Å². The molecule has 0 bridgehead atoms. The lowest BCUT2D eigenvalue weighted by molar-refractivity contribution is -0.134. The molecule has 4 aromatic rings. The molecule has 0 aliphatic rings. The summed E-state index contributed by atoms with van der Waals surface area (Å²) in [5.74, 6) is -2.01. The number of aromatic nitrogens is 1. The van der Waals surface area contributed by atoms with Gasteiger partial charge in [0.2, 0.25) is 0 Å². The number of nitrogens with zero attached hydrogens (tertiary/aromatic N) is 2. The standard InChI is InChI=1S/C16H19ClN2.C9H13NO2.C9H13NO.C4H4O4.2ClH/c1-19(2)12-10-15(16-5-3-4-11-18-16)13-6-8-14(17)9-7-13;1-10-6-9(12)7-3-2-4-8(11)5-7;1-7(10)9(11)8-5-3-2-4-6-8;5-3(6)1-2-4(7)8;;/h3-9,11,15H,10,12H2,1-2H3;2-5,9-12H,6H2,1H3;2-7,9,11H,10H2,1H3;1-2H,(H,5,6)(H,7,8);2*1H/t;9-;7-,9?;;;/m.01.../s1. The zero-order valence-electron chi connectivity index (χ0n) is 29.6. The third kappa shape index (κ3) is 22.0. The quantitative estimate of drug-likeness (QED) is 0.0825. The number of carboxylic acid groups (broad SMARTS) is 2. The molecule has 14 heteroatoms. The van der Waals surface area contributed by atoms with E-state index in [1.807, 2.05) is 60.8 Å². The summed E-state index contributed by atoms with van der Waals surface area (Å²) in [5, 5.41) is 47.3. The van der Waals surface area contributed by atoms with Crippen molar-refractivity contribution in [1.82, 2.24) is 15.2 Å². The molecule has 11 nitrogen and oxygen atoms in total. The van der Waals surface area contributed by atoms with Crippen LogP contribution in [0.4, 0.5) is 0 Å². The number of phenols is 1. The minimum atomic E-state index is -1.26. The van der Waals surface area contributed by atoms with Crippen LogP contribution in [-0.4, -0.2) is 87.6 Å². The second kappa shape index (κ2) is 28.5. The lowest BCUT2D eigenvalue weighted by Gasteiger charge is -2.19. The monoisotopic (exact) mass is 780 g/mol. The van der Waals surface area contributed by atoms with Gasteiger partial charge in [-0.25, -0.2) is 9.59 Å². The van der Waals surface area contributed by atoms with Crippen molar-refractivity contribution in [3.05, 3.63) is 143 Å². The number of rotatable bonds is 12. The molecule has 0 amide bonds. The van der Waals surface area contributed by atoms with Crippen molar-refractivity contribution < 1.29 is 35.1 Å². The maximum absolute atomic E-state index is 9.55. The number of pyridine rings is 1. The van der Waals surface area contributed by atoms with Gasteiger partial charge in [0.05, 0.1) is 12.2 Å². The fraction of sp³-hybridized carbons (Fsp3) is 0.289. The first kappa shape index (κ1) is 50.1. The highest BCUT2D eigenvalue weighted by atomic mass is 35.5. The molecular formula is C38H51Cl3N4O7. The molecule has 3 aromatic carbocycles. The fourth-order valence-corrected chi connectivity index (χ4v) is 4.42. The van der Waals surface area contributed by atoms with E-state index >= 15 is 0 Å². The van der Waals surface area contributed by atoms with E-state index < -0.39 is 24.1 Å². The average molecular weight is 782 g/mol. The predicted octanol–water partition coefficient (Wildman–Crippen LogP) is 6.09. The van der Waals surface area contributed by atoms with Crippen LogP contribution in [0.15, 0.2) is 115 Å². The number of aromatic hydroxyl groups is 1. The largest absolute Gasteiger partial charge is 0.508 e. The highest BCUT2D eigenvalue weighted by Crippen LogP contribution is 2.27. The minimum absolute atomic E-state index is 0. The van der Waals surface area contributed by atoms with Crippen LogP contribution in [-0.2, 0) is 9.59 Å². The Balaban J connectivity index is 0. The zero-order chi connectivity index (χ0) is 37.5. The normalized spacial score (nSPS) is 12.4. The summed E-state index contributed by atoms with van der Waals surface area (Å²) in [6.07, 6.45) is 2.92. The summed E-state index contributed by atoms with van der Waals surface area (Å²) < 4.78 is 0. The van der Waals surface area contributed by atoms with Crippen molar-refractivity contribution in [1.29, 1.82) is 0 Å². The van der Waals surface area contributed by atoms with Gasteiger partial charge in [-0.3, -0.25) is 4.98 Å². The summed E-state index contributed by atoms with van der Waals surface area (Å²) in [6.45, 7) is 3.31. The molecule has 1 heterocycles. The smallest absolute Gasteiger partial charge is 0.328 e. The SMILES string of the molecule is CN(C)CCC(c1ccc(Cl)cc1)c1ccccn1.CNC[C@H](O)c1cccc(O)c1.C[C@@H](N)C(O)c1ccccc1.Cl.Cl.O=C(O)C=CC(=O)O. The van der Waals surface area contributed by atoms with E-state index in [4.69, 9.17) is 32.7 Å². The topological polar surface area (TPSA) is 189 Å². The molecule has 0 radical (unpaired) electrons. The molecule has 0 saturated heterocycles. The van der Waals surface area contributed by atoms with Gasteiger partial charge in [0, 0.05) is 47.6 Å². The van der Waals surface area contributed by atoms with E-state index in [2.05, 4.69) is 47.5 Å². The molecule has 52 heavy (non-hydrogen) atoms. The van der Waals surface area contributed by atoms with Gasteiger partial charge < -0.3 is 41.5 Å². The van der Waals surface area contributed by atoms with Crippen LogP contribution in [0.25, 0.3) is 0 Å². The summed E-state index contributed by atoms with van der Waals surface area (Å²) >= 11 is 5.97. The molecule has 8 N–H and O–H groups in total. The Morgan fingerprint density at radius 3 is 1.87 bits per heavy atom. The Labute approximate surface area is 323 Å². The number of carbonyl (C=O) groups is 2. The Morgan fingerprint density at radius 1 is 0.846 bits per heavy atom. The maximum Gasteiger partial charge on any atom is 0.328 e. The predicted molar refractivity (Wildman–Crippen MR) is 212 cm³/mol. The Morgan fingerprint density at radius 2 is 1.40 bits per heavy atom. The van der Waals surface area contributed by atoms with Crippen molar-refractivity contribution in [3.8, 4) is 5.75 Å². The summed E-state index contributed by atoms with van der Waals surface area (Å²) in [5.41, 5.74) is 9.51. The van der Waals surface area contributed by atoms with Crippen LogP contribution < -0.4 is 11.1 Å². The number of phenolic OH excluding ortho intramolecular Hbond substituents is 1. The van der Waals surface area contributed by atoms with Crippen molar-refractivity contribution in [3.63, 3.8) is 0 Å². The highest BCUT2D eigenvalue weighted by Gasteiger charge is 2.15. The molecule has 1 aromatic heterocycles. The third-order valence-electron chi connectivity index (χ3n) is 6.84. The van der Waals surface area contributed by atoms with Gasteiger partial charge >= 0.3 is 11.9 Å². The molecule has 0 spiro atoms. The number of aliphatic hydroxyl groups excluding tert-OH is 2. The number of hydrogen-bond donors (Lipinski definition) is 7. The second-order valence-electron chi connectivity index (χ2n) is 11.3. The third-order valence-corrected chi connectivity index (χ3v) is 7.09. The van der Waals surface area contributed by atoms with Crippen LogP contribution in [0.5, 0.6) is 5.75 Å². The van der Waals surface area contributed by atoms with Crippen LogP contribution in [0, 0.1) is 0 Å². The summed E-state index contributed by atoms with van der Waals surface area (Å²) in [7, 11) is 5.96. The number of nitrogens with two attached hydrogens (primary N) is 1. The fourth-order valence-electron chi connectivity index (χ4n) is 4.29. The van der Waals surface area contributed by atoms with Crippen molar-refractivity contribution >= 4 is 48.4 Å². The second-order valence-corrected chi connectivity index (χ2v) is 11.8. The van der Waals surface area contributed by atoms with Crippen LogP contribution >= 0.6 is 36.4 Å². The van der Waals surface area contributed by atoms with E-state index in [9.17, 15) is 19.8 Å². The first-order chi connectivity index (χ1) is 23.7. The Bertz CT molecular complexity index is 1530. The van der Waals surface area contributed by atoms with E-state index in [-0.39, 0.29) is 36.6 Å². The summed E-state index contributed by atoms with van der Waals surface area (Å²) in [4.78, 5) is 25.8. The van der Waals surface area contributed by atoms with Crippen LogP contribution in [0.1, 0.15) is 53.9 Å². The molecule has 0 aliphatic heterocycles. The molecule has 286 valence electrons. The van der Waals surface area contributed by atoms with E-state index in [0.29, 0.717) is 24.6 Å². The Kier molecular flexibility index (Phi) is 27.5. The molecule has 0 aliphatic carbocycles. The molecule has 2 unspecified atom stereocenters. The van der Waals surface area contributed by atoms with Gasteiger partial charge in [-0.05, 0) is 94.1 Å². The molecule has 0 saturated carbocycles. The lowest BCUT2D eigenvalue weighted by atomic mass is 9.92. The number of benzene rings is 3. The maximum atomic E-state index is 9.55. The van der Waals surface area contributed by atoms with Gasteiger partial charge in [0.15, 0.2) is 0 Å². The van der Waals surface area contributed by atoms with Gasteiger partial charge in [0.25, 0.3) is 0 Å². The number of hydrogen-bond acceptors (Lipinski definition) is 9. The minimum Gasteiger partial charge on any atom is -0.508 e. The van der Waals surface area contributed by atoms with E-state index in [0.717, 1.165) is 34.8 Å². The van der Waals surface area contributed by atoms with Crippen LogP contribution in [0.2, 0.25) is 5.02 Å². The van der Waals surface area contributed by atoms with Gasteiger partial charge in [-0.1, -0.05) is 72.3 Å². The van der Waals surface area contributed by atoms with Gasteiger partial charge in [-0.15, -0.1) is 24.8 Å². The first-order valence-corrected chi connectivity index (χ1v) is 16.2. The number of aliphatic hydroxyl groups is 2. The molecular weight excluding hydrogens is 731 g/mol. The number of carboxylic acids is 2. The lowest BCUT2D eigenvalue weighted by Crippen LogP contribution is -2.24. The average Bonchev–Trinajstić information content (AvgIpc) is 3.09. The molecule has 0 fully saturated rings. The van der Waals surface area contributed by atoms with Crippen molar-refractivity contribution in [2.24, 2.45) is 5.73 Å². The molecule has 4 rings (SSSR count). The van der Waals surface area contributed by atoms with Gasteiger partial charge in [-0.2, -0.15) is 0 Å². The Hall–Kier alpha value is -4.04. The van der Waals surface area contributed by atoms with E-state index in [1.54, 1.807) is 38.2 Å². The number of nitrogens with one attached hydrogen (secondary N) is 1. The first-order valence-electron chi connectivity index (χ1n) is 15.8.